The lowest BCUT2D eigenvalue weighted by molar-refractivity contribution is -0.0104. The van der Waals surface area contributed by atoms with E-state index in [1.807, 2.05) is 0 Å². The van der Waals surface area contributed by atoms with Crippen LogP contribution in [-0.4, -0.2) is 7.11 Å². The highest BCUT2D eigenvalue weighted by atomic mass is 35.5. The largest absolute Gasteiger partial charge is 0.495 e. The molecule has 0 spiro atoms. The van der Waals surface area contributed by atoms with Gasteiger partial charge >= 0.3 is 0 Å². The van der Waals surface area contributed by atoms with E-state index < -0.39 is 5.92 Å². The van der Waals surface area contributed by atoms with Crippen LogP contribution in [0.3, 0.4) is 0 Å². The highest BCUT2D eigenvalue weighted by molar-refractivity contribution is 6.35. The van der Waals surface area contributed by atoms with Crippen molar-refractivity contribution in [3.8, 4) is 5.75 Å². The van der Waals surface area contributed by atoms with Crippen LogP contribution >= 0.6 is 23.2 Å². The third-order valence-electron chi connectivity index (χ3n) is 2.05. The van der Waals surface area contributed by atoms with Crippen LogP contribution in [0.4, 0.5) is 8.78 Å². The Morgan fingerprint density at radius 2 is 1.93 bits per heavy atom. The minimum Gasteiger partial charge on any atom is -0.495 e. The molecule has 0 saturated carbocycles. The fraction of sp³-hybridized carbons (Fsp3) is 0.400. The van der Waals surface area contributed by atoms with Crippen molar-refractivity contribution in [2.75, 3.05) is 7.11 Å². The molecule has 0 aliphatic carbocycles. The molecular formula is C10H10Cl2F2O. The summed E-state index contributed by atoms with van der Waals surface area (Å²) in [4.78, 5) is 0. The molecule has 0 aromatic heterocycles. The van der Waals surface area contributed by atoms with Gasteiger partial charge in [-0.25, -0.2) is 8.78 Å². The van der Waals surface area contributed by atoms with E-state index in [4.69, 9.17) is 27.9 Å². The van der Waals surface area contributed by atoms with Crippen LogP contribution in [-0.2, 0) is 5.92 Å². The summed E-state index contributed by atoms with van der Waals surface area (Å²) >= 11 is 11.4. The average Bonchev–Trinajstić information content (AvgIpc) is 2.16. The Hall–Kier alpha value is -0.540. The Balaban J connectivity index is 3.39. The van der Waals surface area contributed by atoms with Crippen LogP contribution in [0.25, 0.3) is 0 Å². The molecule has 1 rings (SSSR count). The summed E-state index contributed by atoms with van der Waals surface area (Å²) in [5.41, 5.74) is -0.273. The summed E-state index contributed by atoms with van der Waals surface area (Å²) in [6, 6.07) is 2.55. The predicted molar refractivity (Wildman–Crippen MR) is 57.2 cm³/mol. The van der Waals surface area contributed by atoms with E-state index in [1.54, 1.807) is 0 Å². The van der Waals surface area contributed by atoms with Gasteiger partial charge in [0.1, 0.15) is 5.75 Å². The van der Waals surface area contributed by atoms with Crippen molar-refractivity contribution in [3.63, 3.8) is 0 Å². The maximum atomic E-state index is 13.5. The van der Waals surface area contributed by atoms with Gasteiger partial charge in [-0.3, -0.25) is 0 Å². The van der Waals surface area contributed by atoms with Crippen LogP contribution in [0.1, 0.15) is 18.9 Å². The molecule has 1 nitrogen and oxygen atoms in total. The summed E-state index contributed by atoms with van der Waals surface area (Å²) in [5, 5.41) is 0.261. The van der Waals surface area contributed by atoms with E-state index in [9.17, 15) is 8.78 Å². The van der Waals surface area contributed by atoms with E-state index in [0.29, 0.717) is 0 Å². The van der Waals surface area contributed by atoms with Gasteiger partial charge in [-0.2, -0.15) is 0 Å². The third-order valence-corrected chi connectivity index (χ3v) is 2.55. The van der Waals surface area contributed by atoms with Gasteiger partial charge in [0, 0.05) is 11.4 Å². The molecule has 15 heavy (non-hydrogen) atoms. The van der Waals surface area contributed by atoms with Gasteiger partial charge in [-0.15, -0.1) is 0 Å². The Kier molecular flexibility index (Phi) is 3.79. The van der Waals surface area contributed by atoms with Gasteiger partial charge in [-0.1, -0.05) is 30.1 Å². The summed E-state index contributed by atoms with van der Waals surface area (Å²) in [6.07, 6.45) is -0.333. The number of methoxy groups -OCH3 is 1. The molecule has 0 bridgehead atoms. The Morgan fingerprint density at radius 1 is 1.33 bits per heavy atom. The van der Waals surface area contributed by atoms with Crippen molar-refractivity contribution >= 4 is 23.2 Å². The molecule has 0 saturated heterocycles. The summed E-state index contributed by atoms with van der Waals surface area (Å²) < 4.78 is 31.8. The van der Waals surface area contributed by atoms with Crippen molar-refractivity contribution in [2.24, 2.45) is 0 Å². The van der Waals surface area contributed by atoms with Crippen molar-refractivity contribution in [1.82, 2.24) is 0 Å². The normalized spacial score (nSPS) is 11.6. The smallest absolute Gasteiger partial charge is 0.276 e. The molecule has 0 heterocycles. The zero-order chi connectivity index (χ0) is 11.6. The van der Waals surface area contributed by atoms with Crippen LogP contribution in [0, 0.1) is 0 Å². The number of alkyl halides is 2. The first-order chi connectivity index (χ1) is 6.92. The first-order valence-corrected chi connectivity index (χ1v) is 5.09. The van der Waals surface area contributed by atoms with Crippen LogP contribution in [0.5, 0.6) is 5.75 Å². The Morgan fingerprint density at radius 3 is 2.40 bits per heavy atom. The van der Waals surface area contributed by atoms with E-state index in [2.05, 4.69) is 0 Å². The lowest BCUT2D eigenvalue weighted by atomic mass is 10.1. The fourth-order valence-electron chi connectivity index (χ4n) is 1.23. The van der Waals surface area contributed by atoms with Gasteiger partial charge in [0.2, 0.25) is 0 Å². The van der Waals surface area contributed by atoms with Crippen molar-refractivity contribution in [2.45, 2.75) is 19.3 Å². The van der Waals surface area contributed by atoms with Crippen molar-refractivity contribution in [3.05, 3.63) is 27.7 Å². The highest BCUT2D eigenvalue weighted by Crippen LogP contribution is 2.42. The standard InChI is InChI=1S/C10H10Cl2F2O/c1-3-10(13,14)7-4-6(11)5-8(12)9(7)15-2/h4-5H,3H2,1-2H3. The number of ether oxygens (including phenoxy) is 1. The molecule has 0 atom stereocenters. The molecule has 5 heteroatoms. The Labute approximate surface area is 96.9 Å². The van der Waals surface area contributed by atoms with Gasteiger partial charge in [-0.05, 0) is 12.1 Å². The van der Waals surface area contributed by atoms with Crippen LogP contribution in [0.2, 0.25) is 10.0 Å². The van der Waals surface area contributed by atoms with E-state index in [-0.39, 0.29) is 27.8 Å². The quantitative estimate of drug-likeness (QED) is 0.772. The van der Waals surface area contributed by atoms with Gasteiger partial charge in [0.15, 0.2) is 0 Å². The molecule has 84 valence electrons. The molecule has 0 N–H and O–H groups in total. The SMILES string of the molecule is CCC(F)(F)c1cc(Cl)cc(Cl)c1OC. The fourth-order valence-corrected chi connectivity index (χ4v) is 1.80. The highest BCUT2D eigenvalue weighted by Gasteiger charge is 2.33. The second-order valence-electron chi connectivity index (χ2n) is 3.03. The molecule has 0 unspecified atom stereocenters. The topological polar surface area (TPSA) is 9.23 Å². The van der Waals surface area contributed by atoms with Gasteiger partial charge in [0.05, 0.1) is 17.7 Å². The zero-order valence-electron chi connectivity index (χ0n) is 8.28. The maximum Gasteiger partial charge on any atom is 0.276 e. The van der Waals surface area contributed by atoms with E-state index in [0.717, 1.165) is 0 Å². The summed E-state index contributed by atoms with van der Waals surface area (Å²) in [5.74, 6) is -3.01. The lowest BCUT2D eigenvalue weighted by Gasteiger charge is -2.18. The number of hydrogen-bond acceptors (Lipinski definition) is 1. The summed E-state index contributed by atoms with van der Waals surface area (Å²) in [6.45, 7) is 1.38. The minimum atomic E-state index is -2.99. The molecule has 0 aliphatic heterocycles. The molecular weight excluding hydrogens is 245 g/mol. The first kappa shape index (κ1) is 12.5. The lowest BCUT2D eigenvalue weighted by Crippen LogP contribution is -2.13. The van der Waals surface area contributed by atoms with Crippen LogP contribution < -0.4 is 4.74 Å². The van der Waals surface area contributed by atoms with E-state index in [1.165, 1.54) is 26.2 Å². The van der Waals surface area contributed by atoms with Crippen molar-refractivity contribution in [1.29, 1.82) is 0 Å². The summed E-state index contributed by atoms with van der Waals surface area (Å²) in [7, 11) is 1.30. The second-order valence-corrected chi connectivity index (χ2v) is 3.87. The van der Waals surface area contributed by atoms with Crippen molar-refractivity contribution < 1.29 is 13.5 Å². The molecule has 0 aliphatic rings. The molecule has 0 fully saturated rings. The molecule has 1 aromatic rings. The molecule has 0 radical (unpaired) electrons. The number of rotatable bonds is 3. The third kappa shape index (κ3) is 2.52. The number of hydrogen-bond donors (Lipinski definition) is 0. The van der Waals surface area contributed by atoms with Gasteiger partial charge in [0.25, 0.3) is 5.92 Å². The average molecular weight is 255 g/mol. The Bertz CT molecular complexity index is 367. The number of halogens is 4. The van der Waals surface area contributed by atoms with Gasteiger partial charge < -0.3 is 4.74 Å². The predicted octanol–water partition coefficient (Wildman–Crippen LogP) is 4.50. The maximum absolute atomic E-state index is 13.5. The zero-order valence-corrected chi connectivity index (χ0v) is 9.79. The minimum absolute atomic E-state index is 0.0204. The van der Waals surface area contributed by atoms with E-state index >= 15 is 0 Å². The second kappa shape index (κ2) is 4.54. The molecule has 1 aromatic carbocycles. The number of benzene rings is 1. The molecule has 0 amide bonds. The monoisotopic (exact) mass is 254 g/mol. The van der Waals surface area contributed by atoms with Crippen LogP contribution in [0.15, 0.2) is 12.1 Å². The first-order valence-electron chi connectivity index (χ1n) is 4.33.